The molecule has 3 heterocycles. The Morgan fingerprint density at radius 2 is 1.97 bits per heavy atom. The molecule has 1 amide bonds. The van der Waals surface area contributed by atoms with E-state index in [0.717, 1.165) is 28.2 Å². The van der Waals surface area contributed by atoms with E-state index in [1.54, 1.807) is 18.4 Å². The van der Waals surface area contributed by atoms with E-state index >= 15 is 0 Å². The first-order chi connectivity index (χ1) is 14.5. The van der Waals surface area contributed by atoms with E-state index in [1.807, 2.05) is 55.8 Å². The molecule has 7 heteroatoms. The van der Waals surface area contributed by atoms with E-state index in [4.69, 9.17) is 4.42 Å². The Hall–Kier alpha value is -3.61. The van der Waals surface area contributed by atoms with Crippen LogP contribution >= 0.6 is 0 Å². The highest BCUT2D eigenvalue weighted by Gasteiger charge is 2.17. The van der Waals surface area contributed by atoms with Crippen molar-refractivity contribution in [1.82, 2.24) is 19.5 Å². The molecule has 0 saturated carbocycles. The third-order valence-electron chi connectivity index (χ3n) is 5.49. The summed E-state index contributed by atoms with van der Waals surface area (Å²) >= 11 is 0. The number of carbonyl (C=O) groups excluding carboxylic acids is 1. The zero-order valence-corrected chi connectivity index (χ0v) is 17.3. The van der Waals surface area contributed by atoms with Gasteiger partial charge in [0.05, 0.1) is 18.5 Å². The molecule has 0 aliphatic rings. The minimum atomic E-state index is -0.181. The molecule has 7 nitrogen and oxygen atoms in total. The topological polar surface area (TPSA) is 81.5 Å². The molecule has 0 spiro atoms. The molecule has 4 aromatic rings. The van der Waals surface area contributed by atoms with Gasteiger partial charge in [0.15, 0.2) is 0 Å². The van der Waals surface area contributed by atoms with Crippen molar-refractivity contribution in [3.8, 4) is 11.3 Å². The summed E-state index contributed by atoms with van der Waals surface area (Å²) in [6.45, 7) is 4.26. The summed E-state index contributed by atoms with van der Waals surface area (Å²) in [6.07, 6.45) is 2.13. The zero-order valence-electron chi connectivity index (χ0n) is 17.3. The van der Waals surface area contributed by atoms with Crippen molar-refractivity contribution >= 4 is 11.6 Å². The van der Waals surface area contributed by atoms with Gasteiger partial charge in [-0.1, -0.05) is 24.3 Å². The first-order valence-corrected chi connectivity index (χ1v) is 9.89. The molecule has 0 saturated heterocycles. The fraction of sp³-hybridized carbons (Fsp3) is 0.261. The maximum Gasteiger partial charge on any atom is 0.277 e. The number of fused-ring (bicyclic) bond motifs is 1. The third kappa shape index (κ3) is 3.66. The molecule has 154 valence electrons. The van der Waals surface area contributed by atoms with Crippen molar-refractivity contribution in [3.63, 3.8) is 0 Å². The van der Waals surface area contributed by atoms with Gasteiger partial charge in [-0.05, 0) is 38.0 Å². The second-order valence-corrected chi connectivity index (χ2v) is 7.40. The van der Waals surface area contributed by atoms with Crippen LogP contribution in [0.4, 0.5) is 0 Å². The largest absolute Gasteiger partial charge is 0.467 e. The summed E-state index contributed by atoms with van der Waals surface area (Å²) in [7, 11) is 1.91. The Bertz CT molecular complexity index is 1270. The van der Waals surface area contributed by atoms with Crippen molar-refractivity contribution in [3.05, 3.63) is 81.7 Å². The van der Waals surface area contributed by atoms with Crippen molar-refractivity contribution in [1.29, 1.82) is 0 Å². The van der Waals surface area contributed by atoms with Crippen LogP contribution in [0, 0.1) is 13.8 Å². The molecule has 1 aromatic carbocycles. The predicted octanol–water partition coefficient (Wildman–Crippen LogP) is 3.16. The highest BCUT2D eigenvalue weighted by molar-refractivity contribution is 5.76. The highest BCUT2D eigenvalue weighted by Crippen LogP contribution is 2.23. The van der Waals surface area contributed by atoms with Gasteiger partial charge in [-0.2, -0.15) is 9.61 Å². The molecule has 0 bridgehead atoms. The van der Waals surface area contributed by atoms with Crippen LogP contribution in [0.5, 0.6) is 0 Å². The van der Waals surface area contributed by atoms with Crippen LogP contribution in [0.1, 0.15) is 29.0 Å². The number of hydrogen-bond donors (Lipinski definition) is 1. The van der Waals surface area contributed by atoms with Gasteiger partial charge in [-0.15, -0.1) is 0 Å². The highest BCUT2D eigenvalue weighted by atomic mass is 16.3. The number of carbonyl (C=O) groups is 1. The second-order valence-electron chi connectivity index (χ2n) is 7.40. The second kappa shape index (κ2) is 8.02. The van der Waals surface area contributed by atoms with Gasteiger partial charge in [0, 0.05) is 36.4 Å². The number of nitrogens with zero attached hydrogens (tertiary/aromatic N) is 3. The predicted molar refractivity (Wildman–Crippen MR) is 114 cm³/mol. The lowest BCUT2D eigenvalue weighted by Crippen LogP contribution is -2.27. The molecule has 3 aromatic heterocycles. The summed E-state index contributed by atoms with van der Waals surface area (Å²) in [5.74, 6) is 0.561. The molecule has 1 N–H and O–H groups in total. The van der Waals surface area contributed by atoms with E-state index in [9.17, 15) is 9.59 Å². The van der Waals surface area contributed by atoms with Crippen LogP contribution in [-0.2, 0) is 24.8 Å². The SMILES string of the molecule is Cc1ccccc1-c1cc2n(C)c(C)c(CCC(=O)NCc3ccco3)c(=O)n2n1. The zero-order chi connectivity index (χ0) is 21.3. The third-order valence-corrected chi connectivity index (χ3v) is 5.49. The number of amides is 1. The lowest BCUT2D eigenvalue weighted by Gasteiger charge is -2.12. The summed E-state index contributed by atoms with van der Waals surface area (Å²) in [6, 6.07) is 13.5. The average molecular weight is 404 g/mol. The maximum absolute atomic E-state index is 13.1. The van der Waals surface area contributed by atoms with E-state index in [-0.39, 0.29) is 17.9 Å². The lowest BCUT2D eigenvalue weighted by molar-refractivity contribution is -0.121. The van der Waals surface area contributed by atoms with E-state index < -0.39 is 0 Å². The molecule has 0 radical (unpaired) electrons. The fourth-order valence-corrected chi connectivity index (χ4v) is 3.62. The van der Waals surface area contributed by atoms with Gasteiger partial charge in [-0.25, -0.2) is 0 Å². The van der Waals surface area contributed by atoms with Crippen LogP contribution in [0.3, 0.4) is 0 Å². The molecular weight excluding hydrogens is 380 g/mol. The molecule has 0 atom stereocenters. The molecule has 30 heavy (non-hydrogen) atoms. The number of hydrogen-bond acceptors (Lipinski definition) is 4. The first kappa shape index (κ1) is 19.7. The van der Waals surface area contributed by atoms with E-state index in [2.05, 4.69) is 10.4 Å². The first-order valence-electron chi connectivity index (χ1n) is 9.89. The molecule has 0 aliphatic carbocycles. The molecule has 0 aliphatic heterocycles. The minimum absolute atomic E-state index is 0.131. The van der Waals surface area contributed by atoms with Crippen molar-refractivity contribution in [2.24, 2.45) is 7.05 Å². The Morgan fingerprint density at radius 1 is 1.17 bits per heavy atom. The minimum Gasteiger partial charge on any atom is -0.467 e. The standard InChI is InChI=1S/C23H24N4O3/c1-15-7-4-5-9-18(15)20-13-22-26(3)16(2)19(23(29)27(22)25-20)10-11-21(28)24-14-17-8-6-12-30-17/h4-9,12-13H,10-11,14H2,1-3H3,(H,24,28). The van der Waals surface area contributed by atoms with Crippen molar-refractivity contribution in [2.45, 2.75) is 33.2 Å². The number of aromatic nitrogens is 3. The Balaban J connectivity index is 1.60. The van der Waals surface area contributed by atoms with Gasteiger partial charge < -0.3 is 14.3 Å². The quantitative estimate of drug-likeness (QED) is 0.535. The summed E-state index contributed by atoms with van der Waals surface area (Å²) in [4.78, 5) is 25.4. The average Bonchev–Trinajstić information content (AvgIpc) is 3.41. The lowest BCUT2D eigenvalue weighted by atomic mass is 10.1. The van der Waals surface area contributed by atoms with Gasteiger partial charge in [-0.3, -0.25) is 9.59 Å². The van der Waals surface area contributed by atoms with Crippen molar-refractivity contribution < 1.29 is 9.21 Å². The summed E-state index contributed by atoms with van der Waals surface area (Å²) in [5, 5.41) is 7.39. The Kier molecular flexibility index (Phi) is 5.27. The number of furan rings is 1. The van der Waals surface area contributed by atoms with Gasteiger partial charge >= 0.3 is 0 Å². The number of nitrogens with one attached hydrogen (secondary N) is 1. The molecule has 4 rings (SSSR count). The van der Waals surface area contributed by atoms with Crippen molar-refractivity contribution in [2.75, 3.05) is 0 Å². The van der Waals surface area contributed by atoms with Gasteiger partial charge in [0.25, 0.3) is 5.56 Å². The van der Waals surface area contributed by atoms with Gasteiger partial charge in [0.1, 0.15) is 11.4 Å². The van der Waals surface area contributed by atoms with E-state index in [0.29, 0.717) is 24.3 Å². The maximum atomic E-state index is 13.1. The smallest absolute Gasteiger partial charge is 0.277 e. The van der Waals surface area contributed by atoms with Crippen LogP contribution in [0.15, 0.2) is 57.9 Å². The summed E-state index contributed by atoms with van der Waals surface area (Å²) in [5.41, 5.74) is 4.83. The number of benzene rings is 1. The normalized spacial score (nSPS) is 11.2. The van der Waals surface area contributed by atoms with Crippen LogP contribution in [-0.4, -0.2) is 20.1 Å². The number of rotatable bonds is 6. The molecule has 0 unspecified atom stereocenters. The van der Waals surface area contributed by atoms with Crippen LogP contribution in [0.25, 0.3) is 16.9 Å². The van der Waals surface area contributed by atoms with Crippen LogP contribution in [0.2, 0.25) is 0 Å². The monoisotopic (exact) mass is 404 g/mol. The fourth-order valence-electron chi connectivity index (χ4n) is 3.62. The molecule has 0 fully saturated rings. The number of aryl methyl sites for hydroxylation is 2. The van der Waals surface area contributed by atoms with E-state index in [1.165, 1.54) is 4.52 Å². The summed E-state index contributed by atoms with van der Waals surface area (Å²) < 4.78 is 8.60. The van der Waals surface area contributed by atoms with Gasteiger partial charge in [0.2, 0.25) is 5.91 Å². The Morgan fingerprint density at radius 3 is 2.70 bits per heavy atom. The van der Waals surface area contributed by atoms with Crippen LogP contribution < -0.4 is 10.9 Å². The Labute approximate surface area is 174 Å². The molecular formula is C23H24N4O3.